The molecule has 0 spiro atoms. The van der Waals surface area contributed by atoms with Gasteiger partial charge in [0.05, 0.1) is 0 Å². The maximum atomic E-state index is 13.0. The van der Waals surface area contributed by atoms with Gasteiger partial charge in [-0.05, 0) is 54.2 Å². The molecule has 0 radical (unpaired) electrons. The lowest BCUT2D eigenvalue weighted by molar-refractivity contribution is 0.199. The van der Waals surface area contributed by atoms with Crippen LogP contribution in [0.4, 0.5) is 4.39 Å². The third-order valence-corrected chi connectivity index (χ3v) is 3.08. The highest BCUT2D eigenvalue weighted by molar-refractivity contribution is 14.1. The minimum absolute atomic E-state index is 0.753. The SMILES string of the molecule is CC1CCC(F)(I)CC1. The van der Waals surface area contributed by atoms with Crippen molar-refractivity contribution in [1.29, 1.82) is 0 Å². The van der Waals surface area contributed by atoms with Gasteiger partial charge in [-0.15, -0.1) is 0 Å². The standard InChI is InChI=1S/C7H12FI/c1-6-2-4-7(8,9)5-3-6/h6H,2-5H2,1H3. The van der Waals surface area contributed by atoms with Crippen LogP contribution >= 0.6 is 22.6 Å². The molecule has 1 fully saturated rings. The zero-order valence-corrected chi connectivity index (χ0v) is 7.82. The molecule has 0 unspecified atom stereocenters. The van der Waals surface area contributed by atoms with Crippen molar-refractivity contribution in [3.8, 4) is 0 Å². The molecule has 0 bridgehead atoms. The molecule has 0 heterocycles. The highest BCUT2D eigenvalue weighted by atomic mass is 127. The molecule has 1 saturated carbocycles. The maximum Gasteiger partial charge on any atom is 0.161 e. The van der Waals surface area contributed by atoms with Crippen LogP contribution in [0.25, 0.3) is 0 Å². The van der Waals surface area contributed by atoms with Crippen molar-refractivity contribution in [2.75, 3.05) is 0 Å². The second-order valence-corrected chi connectivity index (χ2v) is 4.97. The third kappa shape index (κ3) is 2.40. The number of rotatable bonds is 0. The van der Waals surface area contributed by atoms with Gasteiger partial charge >= 0.3 is 0 Å². The molecular formula is C7H12FI. The molecule has 9 heavy (non-hydrogen) atoms. The quantitative estimate of drug-likeness (QED) is 0.451. The second kappa shape index (κ2) is 2.72. The van der Waals surface area contributed by atoms with Gasteiger partial charge < -0.3 is 0 Å². The molecule has 0 amide bonds. The molecule has 1 rings (SSSR count). The van der Waals surface area contributed by atoms with Gasteiger partial charge in [0.15, 0.2) is 3.68 Å². The molecule has 0 saturated heterocycles. The van der Waals surface area contributed by atoms with Crippen LogP contribution in [0.1, 0.15) is 32.6 Å². The molecular weight excluding hydrogens is 230 g/mol. The summed E-state index contributed by atoms with van der Waals surface area (Å²) >= 11 is 1.93. The van der Waals surface area contributed by atoms with Gasteiger partial charge in [-0.2, -0.15) is 0 Å². The lowest BCUT2D eigenvalue weighted by Gasteiger charge is -2.27. The van der Waals surface area contributed by atoms with E-state index in [2.05, 4.69) is 6.92 Å². The van der Waals surface area contributed by atoms with Gasteiger partial charge in [-0.3, -0.25) is 0 Å². The normalized spacial score (nSPS) is 45.0. The Balaban J connectivity index is 2.35. The number of hydrogen-bond acceptors (Lipinski definition) is 0. The fraction of sp³-hybridized carbons (Fsp3) is 1.00. The molecule has 54 valence electrons. The summed E-state index contributed by atoms with van der Waals surface area (Å²) in [4.78, 5) is 0. The Hall–Kier alpha value is 0.660. The summed E-state index contributed by atoms with van der Waals surface area (Å²) in [5, 5.41) is 0. The van der Waals surface area contributed by atoms with Crippen LogP contribution in [-0.2, 0) is 0 Å². The minimum Gasteiger partial charge on any atom is -0.232 e. The van der Waals surface area contributed by atoms with Crippen molar-refractivity contribution in [1.82, 2.24) is 0 Å². The van der Waals surface area contributed by atoms with E-state index in [1.807, 2.05) is 22.6 Å². The molecule has 1 aliphatic rings. The van der Waals surface area contributed by atoms with E-state index in [0.717, 1.165) is 31.6 Å². The Bertz CT molecular complexity index is 91.1. The summed E-state index contributed by atoms with van der Waals surface area (Å²) in [6, 6.07) is 0. The summed E-state index contributed by atoms with van der Waals surface area (Å²) in [7, 11) is 0. The van der Waals surface area contributed by atoms with Gasteiger partial charge in [0.1, 0.15) is 0 Å². The lowest BCUT2D eigenvalue weighted by Crippen LogP contribution is -2.21. The summed E-state index contributed by atoms with van der Waals surface area (Å²) in [5.41, 5.74) is 0. The van der Waals surface area contributed by atoms with Crippen LogP contribution in [0.2, 0.25) is 0 Å². The maximum absolute atomic E-state index is 13.0. The predicted octanol–water partition coefficient (Wildman–Crippen LogP) is 3.30. The molecule has 1 aliphatic carbocycles. The van der Waals surface area contributed by atoms with Crippen LogP contribution in [0, 0.1) is 5.92 Å². The zero-order valence-electron chi connectivity index (χ0n) is 5.66. The molecule has 2 heteroatoms. The molecule has 0 atom stereocenters. The van der Waals surface area contributed by atoms with E-state index in [1.54, 1.807) is 0 Å². The fourth-order valence-electron chi connectivity index (χ4n) is 1.18. The molecule has 0 aromatic carbocycles. The summed E-state index contributed by atoms with van der Waals surface area (Å²) in [5.74, 6) is 0.753. The molecule has 0 N–H and O–H groups in total. The summed E-state index contributed by atoms with van der Waals surface area (Å²) in [6.45, 7) is 2.20. The zero-order chi connectivity index (χ0) is 6.91. The minimum atomic E-state index is -0.871. The highest BCUT2D eigenvalue weighted by Gasteiger charge is 2.30. The monoisotopic (exact) mass is 242 g/mol. The van der Waals surface area contributed by atoms with Crippen molar-refractivity contribution in [2.45, 2.75) is 36.3 Å². The molecule has 0 aliphatic heterocycles. The van der Waals surface area contributed by atoms with E-state index in [4.69, 9.17) is 0 Å². The van der Waals surface area contributed by atoms with Crippen LogP contribution in [-0.4, -0.2) is 3.68 Å². The molecule has 0 aromatic rings. The van der Waals surface area contributed by atoms with Crippen LogP contribution in [0.15, 0.2) is 0 Å². The largest absolute Gasteiger partial charge is 0.232 e. The smallest absolute Gasteiger partial charge is 0.161 e. The highest BCUT2D eigenvalue weighted by Crippen LogP contribution is 2.39. The van der Waals surface area contributed by atoms with Crippen molar-refractivity contribution in [3.63, 3.8) is 0 Å². The van der Waals surface area contributed by atoms with E-state index in [9.17, 15) is 4.39 Å². The summed E-state index contributed by atoms with van der Waals surface area (Å²) in [6.07, 6.45) is 3.66. The van der Waals surface area contributed by atoms with E-state index >= 15 is 0 Å². The molecule has 0 nitrogen and oxygen atoms in total. The number of alkyl halides is 2. The van der Waals surface area contributed by atoms with Crippen LogP contribution < -0.4 is 0 Å². The topological polar surface area (TPSA) is 0 Å². The second-order valence-electron chi connectivity index (χ2n) is 3.04. The van der Waals surface area contributed by atoms with E-state index in [1.165, 1.54) is 0 Å². The van der Waals surface area contributed by atoms with E-state index in [-0.39, 0.29) is 0 Å². The average molecular weight is 242 g/mol. The van der Waals surface area contributed by atoms with E-state index < -0.39 is 3.68 Å². The van der Waals surface area contributed by atoms with Crippen molar-refractivity contribution in [3.05, 3.63) is 0 Å². The van der Waals surface area contributed by atoms with Gasteiger partial charge in [0, 0.05) is 0 Å². The molecule has 0 aromatic heterocycles. The van der Waals surface area contributed by atoms with Crippen LogP contribution in [0.3, 0.4) is 0 Å². The Morgan fingerprint density at radius 3 is 2.22 bits per heavy atom. The first-order valence-electron chi connectivity index (χ1n) is 3.48. The first kappa shape index (κ1) is 7.76. The average Bonchev–Trinajstić information content (AvgIpc) is 1.78. The Kier molecular flexibility index (Phi) is 2.35. The van der Waals surface area contributed by atoms with Gasteiger partial charge in [0.2, 0.25) is 0 Å². The van der Waals surface area contributed by atoms with E-state index in [0.29, 0.717) is 0 Å². The summed E-state index contributed by atoms with van der Waals surface area (Å²) < 4.78 is 12.2. The van der Waals surface area contributed by atoms with Crippen LogP contribution in [0.5, 0.6) is 0 Å². The first-order valence-corrected chi connectivity index (χ1v) is 4.56. The first-order chi connectivity index (χ1) is 4.10. The fourth-order valence-corrected chi connectivity index (χ4v) is 1.81. The van der Waals surface area contributed by atoms with Crippen molar-refractivity contribution >= 4 is 22.6 Å². The Morgan fingerprint density at radius 1 is 1.44 bits per heavy atom. The Morgan fingerprint density at radius 2 is 1.89 bits per heavy atom. The van der Waals surface area contributed by atoms with Gasteiger partial charge in [-0.1, -0.05) is 6.92 Å². The van der Waals surface area contributed by atoms with Gasteiger partial charge in [-0.25, -0.2) is 4.39 Å². The third-order valence-electron chi connectivity index (χ3n) is 2.01. The van der Waals surface area contributed by atoms with Crippen molar-refractivity contribution in [2.24, 2.45) is 5.92 Å². The number of hydrogen-bond donors (Lipinski definition) is 0. The number of halogens is 2. The lowest BCUT2D eigenvalue weighted by atomic mass is 9.90. The predicted molar refractivity (Wildman–Crippen MR) is 45.5 cm³/mol. The van der Waals surface area contributed by atoms with Crippen molar-refractivity contribution < 1.29 is 4.39 Å². The van der Waals surface area contributed by atoms with Gasteiger partial charge in [0.25, 0.3) is 0 Å². The Labute approximate surface area is 69.4 Å².